The minimum Gasteiger partial charge on any atom is -0.478 e. The van der Waals surface area contributed by atoms with E-state index in [1.165, 1.54) is 6.07 Å². The predicted molar refractivity (Wildman–Crippen MR) is 62.0 cm³/mol. The molecule has 16 heavy (non-hydrogen) atoms. The van der Waals surface area contributed by atoms with Crippen molar-refractivity contribution in [3.05, 3.63) is 33.3 Å². The van der Waals surface area contributed by atoms with Gasteiger partial charge in [-0.1, -0.05) is 23.2 Å². The summed E-state index contributed by atoms with van der Waals surface area (Å²) in [6.07, 6.45) is 0. The van der Waals surface area contributed by atoms with Gasteiger partial charge in [0, 0.05) is 0 Å². The molecule has 0 spiro atoms. The number of hydrogen-bond donors (Lipinski definition) is 1. The topological polar surface area (TPSA) is 63.6 Å². The van der Waals surface area contributed by atoms with Crippen LogP contribution in [-0.2, 0) is 4.74 Å². The van der Waals surface area contributed by atoms with Crippen LogP contribution in [-0.4, -0.2) is 24.2 Å². The maximum absolute atomic E-state index is 11.2. The molecule has 1 aromatic rings. The molecule has 0 unspecified atom stereocenters. The Hall–Kier alpha value is -0.970. The molecule has 0 aromatic heterocycles. The maximum atomic E-state index is 11.2. The van der Waals surface area contributed by atoms with Crippen molar-refractivity contribution in [3.8, 4) is 0 Å². The van der Waals surface area contributed by atoms with Crippen molar-refractivity contribution in [2.24, 2.45) is 0 Å². The highest BCUT2D eigenvalue weighted by molar-refractivity contribution is 6.42. The molecule has 0 heterocycles. The number of hydrogen-bond acceptors (Lipinski definition) is 3. The average molecular weight is 286 g/mol. The number of carbonyl (C=O) groups excluding carboxylic acids is 1. The van der Waals surface area contributed by atoms with Crippen LogP contribution in [0, 0.1) is 0 Å². The Kier molecular flexibility index (Phi) is 5.58. The van der Waals surface area contributed by atoms with Gasteiger partial charge in [-0.25, -0.2) is 9.59 Å². The van der Waals surface area contributed by atoms with Crippen molar-refractivity contribution in [1.82, 2.24) is 0 Å². The van der Waals surface area contributed by atoms with Gasteiger partial charge in [0.1, 0.15) is 0 Å². The molecule has 0 aliphatic heterocycles. The predicted octanol–water partition coefficient (Wildman–Crippen LogP) is 2.90. The standard InChI is InChI=1S/C9H6Cl2O4.ClH/c1-15-9(14)5-3-7(11)6(10)2-4(5)8(12)13;/h2-3H,1H3,(H,12,13);1H. The molecule has 88 valence electrons. The molecular weight excluding hydrogens is 278 g/mol. The quantitative estimate of drug-likeness (QED) is 0.849. The second kappa shape index (κ2) is 5.94. The van der Waals surface area contributed by atoms with Gasteiger partial charge in [-0.15, -0.1) is 12.4 Å². The number of ether oxygens (including phenoxy) is 1. The molecule has 0 fully saturated rings. The van der Waals surface area contributed by atoms with Crippen molar-refractivity contribution in [3.63, 3.8) is 0 Å². The third-order valence-electron chi connectivity index (χ3n) is 1.70. The highest BCUT2D eigenvalue weighted by atomic mass is 35.5. The second-order valence-corrected chi connectivity index (χ2v) is 3.42. The number of rotatable bonds is 2. The van der Waals surface area contributed by atoms with E-state index in [9.17, 15) is 9.59 Å². The summed E-state index contributed by atoms with van der Waals surface area (Å²) in [5, 5.41) is 8.99. The van der Waals surface area contributed by atoms with Gasteiger partial charge in [0.25, 0.3) is 0 Å². The molecule has 1 rings (SSSR count). The highest BCUT2D eigenvalue weighted by Crippen LogP contribution is 2.26. The number of carbonyl (C=O) groups is 2. The second-order valence-electron chi connectivity index (χ2n) is 2.61. The van der Waals surface area contributed by atoms with Crippen LogP contribution >= 0.6 is 35.6 Å². The average Bonchev–Trinajstić information content (AvgIpc) is 2.20. The van der Waals surface area contributed by atoms with Crippen molar-refractivity contribution >= 4 is 47.5 Å². The fourth-order valence-electron chi connectivity index (χ4n) is 1.00. The summed E-state index contributed by atoms with van der Waals surface area (Å²) in [6.45, 7) is 0. The molecule has 7 heteroatoms. The largest absolute Gasteiger partial charge is 0.478 e. The lowest BCUT2D eigenvalue weighted by molar-refractivity contribution is 0.0582. The summed E-state index contributed by atoms with van der Waals surface area (Å²) >= 11 is 11.3. The number of aromatic carboxylic acids is 1. The first kappa shape index (κ1) is 15.0. The SMILES string of the molecule is COC(=O)c1cc(Cl)c(Cl)cc1C(=O)O.Cl. The lowest BCUT2D eigenvalue weighted by Crippen LogP contribution is -2.10. The van der Waals surface area contributed by atoms with Gasteiger partial charge in [-0.05, 0) is 12.1 Å². The van der Waals surface area contributed by atoms with Gasteiger partial charge < -0.3 is 9.84 Å². The zero-order chi connectivity index (χ0) is 11.6. The lowest BCUT2D eigenvalue weighted by Gasteiger charge is -2.05. The van der Waals surface area contributed by atoms with Gasteiger partial charge in [0.15, 0.2) is 0 Å². The molecule has 0 saturated carbocycles. The molecule has 0 bridgehead atoms. The molecule has 0 saturated heterocycles. The van der Waals surface area contributed by atoms with Crippen LogP contribution in [0.4, 0.5) is 0 Å². The smallest absolute Gasteiger partial charge is 0.338 e. The van der Waals surface area contributed by atoms with Crippen LogP contribution in [0.3, 0.4) is 0 Å². The van der Waals surface area contributed by atoms with Crippen LogP contribution in [0.1, 0.15) is 20.7 Å². The summed E-state index contributed by atoms with van der Waals surface area (Å²) in [5.74, 6) is -2.04. The third-order valence-corrected chi connectivity index (χ3v) is 2.42. The van der Waals surface area contributed by atoms with E-state index >= 15 is 0 Å². The van der Waals surface area contributed by atoms with Crippen molar-refractivity contribution < 1.29 is 19.4 Å². The zero-order valence-corrected chi connectivity index (χ0v) is 10.3. The van der Waals surface area contributed by atoms with Crippen molar-refractivity contribution in [2.75, 3.05) is 7.11 Å². The van der Waals surface area contributed by atoms with E-state index in [0.29, 0.717) is 0 Å². The Balaban J connectivity index is 0.00000225. The molecule has 4 nitrogen and oxygen atoms in total. The van der Waals surface area contributed by atoms with E-state index in [-0.39, 0.29) is 33.6 Å². The van der Waals surface area contributed by atoms with Gasteiger partial charge in [0.2, 0.25) is 0 Å². The number of esters is 1. The van der Waals surface area contributed by atoms with Crippen LogP contribution in [0.2, 0.25) is 10.0 Å². The Morgan fingerprint density at radius 3 is 2.00 bits per heavy atom. The summed E-state index contributed by atoms with van der Waals surface area (Å²) in [6, 6.07) is 2.28. The zero-order valence-electron chi connectivity index (χ0n) is 7.99. The van der Waals surface area contributed by atoms with E-state index in [1.54, 1.807) is 0 Å². The third kappa shape index (κ3) is 3.01. The van der Waals surface area contributed by atoms with Gasteiger partial charge in [-0.3, -0.25) is 0 Å². The molecule has 0 aliphatic carbocycles. The van der Waals surface area contributed by atoms with Crippen LogP contribution in [0.25, 0.3) is 0 Å². The Morgan fingerprint density at radius 1 is 1.19 bits per heavy atom. The monoisotopic (exact) mass is 284 g/mol. The maximum Gasteiger partial charge on any atom is 0.338 e. The van der Waals surface area contributed by atoms with E-state index in [1.807, 2.05) is 0 Å². The van der Waals surface area contributed by atoms with E-state index < -0.39 is 11.9 Å². The Labute approximate surface area is 108 Å². The molecule has 0 aliphatic rings. The first-order valence-corrected chi connectivity index (χ1v) is 4.53. The molecule has 0 amide bonds. The fourth-order valence-corrected chi connectivity index (χ4v) is 1.33. The van der Waals surface area contributed by atoms with E-state index in [4.69, 9.17) is 28.3 Å². The number of carboxylic acids is 1. The molecular formula is C9H7Cl3O4. The Morgan fingerprint density at radius 2 is 1.62 bits per heavy atom. The van der Waals surface area contributed by atoms with E-state index in [0.717, 1.165) is 13.2 Å². The highest BCUT2D eigenvalue weighted by Gasteiger charge is 2.19. The van der Waals surface area contributed by atoms with Crippen LogP contribution in [0.5, 0.6) is 0 Å². The van der Waals surface area contributed by atoms with Gasteiger partial charge in [0.05, 0.1) is 28.3 Å². The lowest BCUT2D eigenvalue weighted by atomic mass is 10.1. The molecule has 1 N–H and O–H groups in total. The van der Waals surface area contributed by atoms with Crippen molar-refractivity contribution in [2.45, 2.75) is 0 Å². The van der Waals surface area contributed by atoms with Gasteiger partial charge >= 0.3 is 11.9 Å². The van der Waals surface area contributed by atoms with Crippen LogP contribution in [0.15, 0.2) is 12.1 Å². The van der Waals surface area contributed by atoms with Gasteiger partial charge in [-0.2, -0.15) is 0 Å². The minimum atomic E-state index is -1.27. The van der Waals surface area contributed by atoms with E-state index in [2.05, 4.69) is 4.74 Å². The first-order chi connectivity index (χ1) is 6.97. The number of benzene rings is 1. The fraction of sp³-hybridized carbons (Fsp3) is 0.111. The van der Waals surface area contributed by atoms with Crippen LogP contribution < -0.4 is 0 Å². The normalized spacial score (nSPS) is 9.19. The minimum absolute atomic E-state index is 0. The Bertz CT molecular complexity index is 431. The number of methoxy groups -OCH3 is 1. The molecule has 0 atom stereocenters. The number of halogens is 3. The van der Waals surface area contributed by atoms with Crippen molar-refractivity contribution in [1.29, 1.82) is 0 Å². The molecule has 1 aromatic carbocycles. The molecule has 0 radical (unpaired) electrons. The summed E-state index contributed by atoms with van der Waals surface area (Å²) < 4.78 is 4.42. The summed E-state index contributed by atoms with van der Waals surface area (Å²) in [4.78, 5) is 22.0. The first-order valence-electron chi connectivity index (χ1n) is 3.78. The number of carboxylic acid groups (broad SMARTS) is 1. The summed E-state index contributed by atoms with van der Waals surface area (Å²) in [7, 11) is 1.15. The summed E-state index contributed by atoms with van der Waals surface area (Å²) in [5.41, 5.74) is -0.365.